The van der Waals surface area contributed by atoms with Gasteiger partial charge in [0.25, 0.3) is 0 Å². The standard InChI is InChI=1S/C31H33NO7/c1-32-18-20-38-28-14-6-24(7-15-28)30(36,22-2-10-26(34)11-3-22)31(37,23-4-12-27(35)13-5-23)25-8-16-29(17-9-25)39-21-19-33/h2-17,32-37H,18-21H2,1H3/t30-,31+/m0/s1. The van der Waals surface area contributed by atoms with Gasteiger partial charge in [0.2, 0.25) is 0 Å². The minimum Gasteiger partial charge on any atom is -0.508 e. The molecule has 0 fully saturated rings. The third-order valence-electron chi connectivity index (χ3n) is 6.62. The predicted octanol–water partition coefficient (Wildman–Crippen LogP) is 3.24. The summed E-state index contributed by atoms with van der Waals surface area (Å²) in [5, 5.41) is 57.5. The number of benzene rings is 4. The molecule has 0 unspecified atom stereocenters. The number of hydrogen-bond donors (Lipinski definition) is 6. The first-order chi connectivity index (χ1) is 18.8. The maximum Gasteiger partial charge on any atom is 0.152 e. The van der Waals surface area contributed by atoms with Crippen molar-refractivity contribution in [3.05, 3.63) is 119 Å². The lowest BCUT2D eigenvalue weighted by molar-refractivity contribution is -0.113. The predicted molar refractivity (Wildman–Crippen MR) is 147 cm³/mol. The van der Waals surface area contributed by atoms with E-state index < -0.39 is 11.2 Å². The van der Waals surface area contributed by atoms with Gasteiger partial charge in [0.15, 0.2) is 11.2 Å². The van der Waals surface area contributed by atoms with Crippen LogP contribution >= 0.6 is 0 Å². The van der Waals surface area contributed by atoms with Gasteiger partial charge < -0.3 is 40.3 Å². The Labute approximate surface area is 227 Å². The molecule has 0 bridgehead atoms. The second kappa shape index (κ2) is 12.2. The van der Waals surface area contributed by atoms with Crippen LogP contribution in [-0.2, 0) is 11.2 Å². The summed E-state index contributed by atoms with van der Waals surface area (Å²) < 4.78 is 11.2. The third-order valence-corrected chi connectivity index (χ3v) is 6.62. The summed E-state index contributed by atoms with van der Waals surface area (Å²) in [6.45, 7) is 1.09. The molecule has 4 aromatic rings. The molecule has 0 spiro atoms. The highest BCUT2D eigenvalue weighted by atomic mass is 16.5. The van der Waals surface area contributed by atoms with E-state index in [1.54, 1.807) is 72.8 Å². The van der Waals surface area contributed by atoms with E-state index >= 15 is 0 Å². The number of ether oxygens (including phenoxy) is 2. The largest absolute Gasteiger partial charge is 0.508 e. The zero-order valence-electron chi connectivity index (χ0n) is 21.6. The fourth-order valence-electron chi connectivity index (χ4n) is 4.59. The topological polar surface area (TPSA) is 132 Å². The smallest absolute Gasteiger partial charge is 0.152 e. The number of rotatable bonds is 12. The van der Waals surface area contributed by atoms with E-state index in [0.717, 1.165) is 0 Å². The van der Waals surface area contributed by atoms with Gasteiger partial charge >= 0.3 is 0 Å². The normalized spacial score (nSPS) is 14.3. The van der Waals surface area contributed by atoms with Gasteiger partial charge in [-0.05, 0) is 77.8 Å². The molecule has 2 atom stereocenters. The molecule has 0 aromatic heterocycles. The molecule has 0 saturated heterocycles. The summed E-state index contributed by atoms with van der Waals surface area (Å²) in [5.41, 5.74) is -2.81. The zero-order valence-corrected chi connectivity index (χ0v) is 21.6. The lowest BCUT2D eigenvalue weighted by Gasteiger charge is -2.45. The molecule has 0 aliphatic carbocycles. The van der Waals surface area contributed by atoms with Crippen molar-refractivity contribution in [3.63, 3.8) is 0 Å². The van der Waals surface area contributed by atoms with Crippen molar-refractivity contribution >= 4 is 0 Å². The quantitative estimate of drug-likeness (QED) is 0.154. The maximum atomic E-state index is 12.7. The van der Waals surface area contributed by atoms with Gasteiger partial charge in [-0.3, -0.25) is 0 Å². The Morgan fingerprint density at radius 1 is 0.564 bits per heavy atom. The fourth-order valence-corrected chi connectivity index (χ4v) is 4.59. The van der Waals surface area contributed by atoms with Crippen molar-refractivity contribution in [2.24, 2.45) is 0 Å². The van der Waals surface area contributed by atoms with Gasteiger partial charge in [-0.2, -0.15) is 0 Å². The molecule has 8 heteroatoms. The Bertz CT molecular complexity index is 1330. The third kappa shape index (κ3) is 5.69. The second-order valence-corrected chi connectivity index (χ2v) is 9.09. The summed E-state index contributed by atoms with van der Waals surface area (Å²) in [6, 6.07) is 25.3. The number of phenols is 2. The van der Waals surface area contributed by atoms with E-state index in [9.17, 15) is 20.4 Å². The van der Waals surface area contributed by atoms with Gasteiger partial charge in [-0.15, -0.1) is 0 Å². The Balaban J connectivity index is 1.92. The van der Waals surface area contributed by atoms with Crippen molar-refractivity contribution in [1.29, 1.82) is 0 Å². The Morgan fingerprint density at radius 2 is 0.897 bits per heavy atom. The average Bonchev–Trinajstić information content (AvgIpc) is 2.97. The van der Waals surface area contributed by atoms with Gasteiger partial charge in [0.05, 0.1) is 6.61 Å². The fraction of sp³-hybridized carbons (Fsp3) is 0.226. The zero-order chi connectivity index (χ0) is 27.9. The molecule has 0 aliphatic rings. The van der Waals surface area contributed by atoms with Crippen LogP contribution in [0.1, 0.15) is 22.3 Å². The molecule has 0 saturated carbocycles. The van der Waals surface area contributed by atoms with Crippen molar-refractivity contribution < 1.29 is 35.0 Å². The molecule has 6 N–H and O–H groups in total. The van der Waals surface area contributed by atoms with Crippen LogP contribution in [0.5, 0.6) is 23.0 Å². The van der Waals surface area contributed by atoms with Gasteiger partial charge in [0.1, 0.15) is 36.2 Å². The number of aromatic hydroxyl groups is 2. The molecule has 4 rings (SSSR count). The molecule has 0 heterocycles. The highest BCUT2D eigenvalue weighted by Gasteiger charge is 2.54. The van der Waals surface area contributed by atoms with E-state index in [1.165, 1.54) is 24.3 Å². The van der Waals surface area contributed by atoms with Gasteiger partial charge in [-0.25, -0.2) is 0 Å². The number of nitrogens with one attached hydrogen (secondary N) is 1. The summed E-state index contributed by atoms with van der Waals surface area (Å²) in [5.74, 6) is 1.09. The van der Waals surface area contributed by atoms with Crippen LogP contribution in [0.25, 0.3) is 0 Å². The van der Waals surface area contributed by atoms with E-state index in [-0.39, 0.29) is 24.7 Å². The van der Waals surface area contributed by atoms with Crippen LogP contribution in [0.3, 0.4) is 0 Å². The average molecular weight is 532 g/mol. The minimum atomic E-state index is -2.08. The van der Waals surface area contributed by atoms with Crippen molar-refractivity contribution in [3.8, 4) is 23.0 Å². The summed E-state index contributed by atoms with van der Waals surface area (Å²) in [6.07, 6.45) is 0. The first-order valence-corrected chi connectivity index (χ1v) is 12.6. The lowest BCUT2D eigenvalue weighted by Crippen LogP contribution is -2.51. The number of hydrogen-bond acceptors (Lipinski definition) is 8. The van der Waals surface area contributed by atoms with Crippen LogP contribution in [0.2, 0.25) is 0 Å². The first-order valence-electron chi connectivity index (χ1n) is 12.6. The summed E-state index contributed by atoms with van der Waals surface area (Å²) in [4.78, 5) is 0. The lowest BCUT2D eigenvalue weighted by atomic mass is 9.66. The molecule has 0 radical (unpaired) electrons. The second-order valence-electron chi connectivity index (χ2n) is 9.09. The van der Waals surface area contributed by atoms with E-state index in [1.807, 2.05) is 7.05 Å². The molecular formula is C31H33NO7. The van der Waals surface area contributed by atoms with Crippen LogP contribution in [0.4, 0.5) is 0 Å². The van der Waals surface area contributed by atoms with Crippen LogP contribution in [0.15, 0.2) is 97.1 Å². The molecule has 0 aliphatic heterocycles. The summed E-state index contributed by atoms with van der Waals surface area (Å²) in [7, 11) is 1.83. The van der Waals surface area contributed by atoms with E-state index in [0.29, 0.717) is 46.9 Å². The first kappa shape index (κ1) is 27.9. The summed E-state index contributed by atoms with van der Waals surface area (Å²) >= 11 is 0. The van der Waals surface area contributed by atoms with Gasteiger partial charge in [0, 0.05) is 6.54 Å². The number of aliphatic hydroxyl groups is 3. The Hall–Kier alpha value is -4.08. The van der Waals surface area contributed by atoms with Gasteiger partial charge in [-0.1, -0.05) is 48.5 Å². The molecule has 39 heavy (non-hydrogen) atoms. The molecule has 4 aromatic carbocycles. The molecule has 8 nitrogen and oxygen atoms in total. The van der Waals surface area contributed by atoms with Crippen molar-refractivity contribution in [2.45, 2.75) is 11.2 Å². The number of aliphatic hydroxyl groups excluding tert-OH is 1. The van der Waals surface area contributed by atoms with E-state index in [2.05, 4.69) is 5.32 Å². The Kier molecular flexibility index (Phi) is 8.73. The SMILES string of the molecule is CNCCOc1ccc([C@@](O)(c2ccc(O)cc2)[C@@](O)(c2ccc(O)cc2)c2ccc(OCCO)cc2)cc1. The molecular weight excluding hydrogens is 498 g/mol. The number of likely N-dealkylation sites (N-methyl/N-ethyl adjacent to an activating group) is 1. The van der Waals surface area contributed by atoms with Crippen molar-refractivity contribution in [1.82, 2.24) is 5.32 Å². The van der Waals surface area contributed by atoms with E-state index in [4.69, 9.17) is 14.6 Å². The molecule has 204 valence electrons. The van der Waals surface area contributed by atoms with Crippen molar-refractivity contribution in [2.75, 3.05) is 33.4 Å². The molecule has 0 amide bonds. The Morgan fingerprint density at radius 3 is 1.23 bits per heavy atom. The highest BCUT2D eigenvalue weighted by molar-refractivity contribution is 5.53. The minimum absolute atomic E-state index is 0.00472. The monoisotopic (exact) mass is 531 g/mol. The van der Waals surface area contributed by atoms with Crippen LogP contribution < -0.4 is 14.8 Å². The van der Waals surface area contributed by atoms with Crippen LogP contribution in [0, 0.1) is 0 Å². The maximum absolute atomic E-state index is 12.7. The van der Waals surface area contributed by atoms with Crippen LogP contribution in [-0.4, -0.2) is 58.9 Å². The number of phenolic OH excluding ortho intramolecular Hbond substituents is 2. The highest BCUT2D eigenvalue weighted by Crippen LogP contribution is 2.50.